The molecule has 0 saturated heterocycles. The van der Waals surface area contributed by atoms with Gasteiger partial charge in [-0.25, -0.2) is 9.37 Å². The fourth-order valence-electron chi connectivity index (χ4n) is 2.14. The molecule has 1 aromatic heterocycles. The number of nitro groups is 1. The molecule has 1 aromatic carbocycles. The van der Waals surface area contributed by atoms with Gasteiger partial charge in [0.05, 0.1) is 16.6 Å². The van der Waals surface area contributed by atoms with Crippen molar-refractivity contribution in [1.29, 1.82) is 0 Å². The zero-order valence-electron chi connectivity index (χ0n) is 11.5. The molecule has 1 amide bonds. The molecular formula is C15H12FN3O3. The molecule has 112 valence electrons. The van der Waals surface area contributed by atoms with E-state index in [1.807, 2.05) is 0 Å². The topological polar surface area (TPSA) is 85.1 Å². The Kier molecular flexibility index (Phi) is 3.54. The zero-order chi connectivity index (χ0) is 15.7. The van der Waals surface area contributed by atoms with Gasteiger partial charge in [0.15, 0.2) is 0 Å². The maximum Gasteiger partial charge on any atom is 0.280 e. The number of carbonyl (C=O) groups is 1. The number of nitrogens with one attached hydrogen (secondary N) is 1. The molecule has 1 aliphatic carbocycles. The smallest absolute Gasteiger partial charge is 0.280 e. The molecule has 0 spiro atoms. The van der Waals surface area contributed by atoms with Crippen molar-refractivity contribution in [1.82, 2.24) is 4.98 Å². The van der Waals surface area contributed by atoms with Gasteiger partial charge in [0.1, 0.15) is 11.6 Å². The van der Waals surface area contributed by atoms with Gasteiger partial charge in [-0.3, -0.25) is 14.9 Å². The molecule has 0 bridgehead atoms. The molecule has 0 unspecified atom stereocenters. The van der Waals surface area contributed by atoms with Crippen LogP contribution >= 0.6 is 0 Å². The lowest BCUT2D eigenvalue weighted by molar-refractivity contribution is -0.384. The fourth-order valence-corrected chi connectivity index (χ4v) is 2.14. The molecule has 0 radical (unpaired) electrons. The first-order valence-electron chi connectivity index (χ1n) is 6.76. The maximum absolute atomic E-state index is 13.2. The number of hydrogen-bond donors (Lipinski definition) is 1. The molecule has 1 heterocycles. The minimum atomic E-state index is -0.674. The first-order valence-corrected chi connectivity index (χ1v) is 6.76. The van der Waals surface area contributed by atoms with Gasteiger partial charge in [-0.05, 0) is 42.7 Å². The van der Waals surface area contributed by atoms with Crippen LogP contribution in [0.1, 0.15) is 12.8 Å². The summed E-state index contributed by atoms with van der Waals surface area (Å²) in [4.78, 5) is 26.2. The Morgan fingerprint density at radius 1 is 1.32 bits per heavy atom. The highest BCUT2D eigenvalue weighted by atomic mass is 19.1. The third-order valence-corrected chi connectivity index (χ3v) is 3.43. The van der Waals surface area contributed by atoms with Crippen LogP contribution < -0.4 is 5.32 Å². The van der Waals surface area contributed by atoms with Crippen molar-refractivity contribution < 1.29 is 14.1 Å². The highest BCUT2D eigenvalue weighted by Crippen LogP contribution is 2.32. The van der Waals surface area contributed by atoms with Gasteiger partial charge in [-0.2, -0.15) is 0 Å². The number of amides is 1. The summed E-state index contributed by atoms with van der Waals surface area (Å²) in [5.74, 6) is -0.413. The number of nitro benzene ring substituents is 1. The van der Waals surface area contributed by atoms with Crippen LogP contribution in [0.25, 0.3) is 11.1 Å². The lowest BCUT2D eigenvalue weighted by Gasteiger charge is -2.07. The Balaban J connectivity index is 1.95. The van der Waals surface area contributed by atoms with E-state index in [0.717, 1.165) is 25.0 Å². The Labute approximate surface area is 125 Å². The van der Waals surface area contributed by atoms with E-state index in [2.05, 4.69) is 10.3 Å². The summed E-state index contributed by atoms with van der Waals surface area (Å²) in [6.07, 6.45) is 3.19. The maximum atomic E-state index is 13.2. The van der Waals surface area contributed by atoms with E-state index < -0.39 is 10.7 Å². The van der Waals surface area contributed by atoms with Gasteiger partial charge < -0.3 is 5.32 Å². The van der Waals surface area contributed by atoms with Crippen molar-refractivity contribution in [2.75, 3.05) is 5.32 Å². The molecule has 0 aliphatic heterocycles. The summed E-state index contributed by atoms with van der Waals surface area (Å²) in [6.45, 7) is 0. The predicted octanol–water partition coefficient (Wildman–Crippen LogP) is 3.14. The fraction of sp³-hybridized carbons (Fsp3) is 0.200. The number of halogens is 1. The average molecular weight is 301 g/mol. The lowest BCUT2D eigenvalue weighted by Crippen LogP contribution is -2.14. The van der Waals surface area contributed by atoms with E-state index in [4.69, 9.17) is 0 Å². The highest BCUT2D eigenvalue weighted by Gasteiger charge is 2.29. The molecule has 2 aromatic rings. The highest BCUT2D eigenvalue weighted by molar-refractivity contribution is 5.93. The number of anilines is 1. The van der Waals surface area contributed by atoms with E-state index in [1.54, 1.807) is 12.1 Å². The van der Waals surface area contributed by atoms with Crippen LogP contribution in [0, 0.1) is 21.8 Å². The van der Waals surface area contributed by atoms with Crippen molar-refractivity contribution in [3.8, 4) is 11.1 Å². The number of nitrogens with zero attached hydrogens (tertiary/aromatic N) is 2. The molecule has 1 fully saturated rings. The van der Waals surface area contributed by atoms with Crippen molar-refractivity contribution in [2.24, 2.45) is 5.92 Å². The number of rotatable bonds is 4. The summed E-state index contributed by atoms with van der Waals surface area (Å²) in [6, 6.07) is 6.49. The quantitative estimate of drug-likeness (QED) is 0.694. The lowest BCUT2D eigenvalue weighted by atomic mass is 10.0. The van der Waals surface area contributed by atoms with Crippen LogP contribution in [0.4, 0.5) is 15.9 Å². The summed E-state index contributed by atoms with van der Waals surface area (Å²) in [5.41, 5.74) is 0.439. The number of pyridine rings is 1. The molecule has 7 heteroatoms. The zero-order valence-corrected chi connectivity index (χ0v) is 11.5. The second-order valence-electron chi connectivity index (χ2n) is 5.11. The van der Waals surface area contributed by atoms with Crippen molar-refractivity contribution in [3.63, 3.8) is 0 Å². The van der Waals surface area contributed by atoms with Gasteiger partial charge in [0, 0.05) is 12.1 Å². The largest absolute Gasteiger partial charge is 0.310 e. The number of carbonyl (C=O) groups excluding carboxylic acids is 1. The van der Waals surface area contributed by atoms with Crippen LogP contribution in [-0.2, 0) is 4.79 Å². The third kappa shape index (κ3) is 2.93. The molecule has 6 nitrogen and oxygen atoms in total. The van der Waals surface area contributed by atoms with E-state index in [0.29, 0.717) is 11.4 Å². The van der Waals surface area contributed by atoms with Crippen molar-refractivity contribution in [2.45, 2.75) is 12.8 Å². The van der Waals surface area contributed by atoms with E-state index in [9.17, 15) is 19.3 Å². The molecular weight excluding hydrogens is 289 g/mol. The normalized spacial score (nSPS) is 13.7. The molecule has 1 saturated carbocycles. The Morgan fingerprint density at radius 3 is 2.77 bits per heavy atom. The minimum absolute atomic E-state index is 0.0330. The van der Waals surface area contributed by atoms with E-state index >= 15 is 0 Å². The number of aromatic nitrogens is 1. The Hall–Kier alpha value is -2.83. The Morgan fingerprint density at radius 2 is 2.09 bits per heavy atom. The molecule has 1 N–H and O–H groups in total. The van der Waals surface area contributed by atoms with Gasteiger partial charge in [0.25, 0.3) is 5.69 Å². The molecule has 0 atom stereocenters. The summed E-state index contributed by atoms with van der Waals surface area (Å²) in [7, 11) is 0. The molecule has 1 aliphatic rings. The van der Waals surface area contributed by atoms with Gasteiger partial charge in [-0.15, -0.1) is 0 Å². The summed E-state index contributed by atoms with van der Waals surface area (Å²) >= 11 is 0. The van der Waals surface area contributed by atoms with E-state index in [-0.39, 0.29) is 23.1 Å². The minimum Gasteiger partial charge on any atom is -0.310 e. The van der Waals surface area contributed by atoms with Crippen molar-refractivity contribution >= 4 is 17.4 Å². The SMILES string of the molecule is O=C(Nc1cc(-c2ccc(F)cc2[N+](=O)[O-])ccn1)C1CC1. The van der Waals surface area contributed by atoms with Crippen LogP contribution in [-0.4, -0.2) is 15.8 Å². The first kappa shape index (κ1) is 14.1. The number of hydrogen-bond acceptors (Lipinski definition) is 4. The second kappa shape index (κ2) is 5.51. The third-order valence-electron chi connectivity index (χ3n) is 3.43. The number of benzene rings is 1. The monoisotopic (exact) mass is 301 g/mol. The summed E-state index contributed by atoms with van der Waals surface area (Å²) in [5, 5.41) is 13.7. The molecule has 3 rings (SSSR count). The summed E-state index contributed by atoms with van der Waals surface area (Å²) < 4.78 is 13.2. The first-order chi connectivity index (χ1) is 10.5. The van der Waals surface area contributed by atoms with Crippen LogP contribution in [0.5, 0.6) is 0 Å². The van der Waals surface area contributed by atoms with E-state index in [1.165, 1.54) is 12.3 Å². The average Bonchev–Trinajstić information content (AvgIpc) is 3.32. The Bertz CT molecular complexity index is 759. The van der Waals surface area contributed by atoms with Crippen LogP contribution in [0.2, 0.25) is 0 Å². The van der Waals surface area contributed by atoms with Crippen LogP contribution in [0.15, 0.2) is 36.5 Å². The van der Waals surface area contributed by atoms with Gasteiger partial charge >= 0.3 is 0 Å². The second-order valence-corrected chi connectivity index (χ2v) is 5.11. The van der Waals surface area contributed by atoms with Crippen molar-refractivity contribution in [3.05, 3.63) is 52.5 Å². The van der Waals surface area contributed by atoms with Gasteiger partial charge in [-0.1, -0.05) is 0 Å². The van der Waals surface area contributed by atoms with Gasteiger partial charge in [0.2, 0.25) is 5.91 Å². The standard InChI is InChI=1S/C15H12FN3O3/c16-11-3-4-12(13(8-11)19(21)22)10-5-6-17-14(7-10)18-15(20)9-1-2-9/h3-9H,1-2H2,(H,17,18,20). The van der Waals surface area contributed by atoms with Crippen LogP contribution in [0.3, 0.4) is 0 Å². The predicted molar refractivity (Wildman–Crippen MR) is 77.6 cm³/mol. The molecule has 22 heavy (non-hydrogen) atoms.